The summed E-state index contributed by atoms with van der Waals surface area (Å²) in [6, 6.07) is 23.8. The number of carboxylic acid groups (broad SMARTS) is 1. The molecule has 0 saturated carbocycles. The minimum absolute atomic E-state index is 0.0712. The maximum Gasteiger partial charge on any atom is 0.485 e. The van der Waals surface area contributed by atoms with E-state index < -0.39 is 21.6 Å². The van der Waals surface area contributed by atoms with Gasteiger partial charge in [-0.05, 0) is 24.3 Å². The second-order valence-electron chi connectivity index (χ2n) is 5.51. The zero-order chi connectivity index (χ0) is 22.4. The number of benzene rings is 2. The van der Waals surface area contributed by atoms with Crippen LogP contribution < -0.4 is 0 Å². The van der Waals surface area contributed by atoms with Gasteiger partial charge in [0.1, 0.15) is 0 Å². The van der Waals surface area contributed by atoms with E-state index in [9.17, 15) is 23.1 Å². The lowest BCUT2D eigenvalue weighted by Crippen LogP contribution is -2.21. The average Bonchev–Trinajstić information content (AvgIpc) is 2.69. The molecule has 3 rings (SSSR count). The smallest absolute Gasteiger partial charge is 0.485 e. The van der Waals surface area contributed by atoms with Gasteiger partial charge >= 0.3 is 11.5 Å². The largest absolute Gasteiger partial charge is 0.741 e. The van der Waals surface area contributed by atoms with Crippen LogP contribution in [0, 0.1) is 0 Å². The number of halogens is 3. The predicted molar refractivity (Wildman–Crippen MR) is 102 cm³/mol. The van der Waals surface area contributed by atoms with Crippen molar-refractivity contribution in [3.05, 3.63) is 84.7 Å². The third-order valence-electron chi connectivity index (χ3n) is 3.43. The van der Waals surface area contributed by atoms with Crippen molar-refractivity contribution < 1.29 is 36.0 Å². The second kappa shape index (κ2) is 9.74. The van der Waals surface area contributed by atoms with E-state index in [-0.39, 0.29) is 16.6 Å². The van der Waals surface area contributed by atoms with Crippen LogP contribution in [0.25, 0.3) is 0 Å². The average molecular weight is 457 g/mol. The zero-order valence-electron chi connectivity index (χ0n) is 15.0. The van der Waals surface area contributed by atoms with Gasteiger partial charge in [-0.1, -0.05) is 36.4 Å². The zero-order valence-corrected chi connectivity index (χ0v) is 16.6. The lowest BCUT2D eigenvalue weighted by Gasteiger charge is -2.08. The van der Waals surface area contributed by atoms with Gasteiger partial charge in [-0.3, -0.25) is 0 Å². The molecule has 0 fully saturated rings. The van der Waals surface area contributed by atoms with Crippen LogP contribution in [0.15, 0.2) is 93.7 Å². The van der Waals surface area contributed by atoms with Crippen molar-refractivity contribution in [1.82, 2.24) is 4.98 Å². The van der Waals surface area contributed by atoms with E-state index >= 15 is 0 Å². The molecule has 1 N–H and O–H groups in total. The van der Waals surface area contributed by atoms with Gasteiger partial charge in [0.2, 0.25) is 0 Å². The normalized spacial score (nSPS) is 11.5. The molecule has 3 aromatic rings. The molecule has 1 aromatic heterocycles. The number of hydrogen-bond acceptors (Lipinski definition) is 5. The summed E-state index contributed by atoms with van der Waals surface area (Å²) < 4.78 is 58.9. The fourth-order valence-electron chi connectivity index (χ4n) is 2.18. The highest BCUT2D eigenvalue weighted by atomic mass is 32.2. The first kappa shape index (κ1) is 23.4. The molecule has 0 atom stereocenters. The number of hydrogen-bond donors (Lipinski definition) is 1. The highest BCUT2D eigenvalue weighted by Crippen LogP contribution is 2.30. The molecule has 2 aromatic carbocycles. The number of carboxylic acids is 1. The topological polar surface area (TPSA) is 107 Å². The van der Waals surface area contributed by atoms with E-state index in [1.807, 2.05) is 42.5 Å². The van der Waals surface area contributed by atoms with Crippen LogP contribution in [-0.2, 0) is 21.0 Å². The molecule has 0 aliphatic rings. The molecule has 158 valence electrons. The van der Waals surface area contributed by atoms with E-state index in [2.05, 4.69) is 29.2 Å². The summed E-state index contributed by atoms with van der Waals surface area (Å²) in [6.07, 6.45) is 1.56. The third-order valence-corrected chi connectivity index (χ3v) is 6.21. The molecule has 1 heterocycles. The fraction of sp³-hybridized carbons (Fsp3) is 0.0526. The number of carbonyl (C=O) groups is 1. The minimum atomic E-state index is -6.09. The maximum absolute atomic E-state index is 11.2. The van der Waals surface area contributed by atoms with Crippen molar-refractivity contribution in [3.8, 4) is 0 Å². The number of alkyl halides is 3. The summed E-state index contributed by atoms with van der Waals surface area (Å²) in [5.41, 5.74) is -5.57. The van der Waals surface area contributed by atoms with Crippen molar-refractivity contribution >= 4 is 27.0 Å². The molecular weight excluding hydrogens is 443 g/mol. The summed E-state index contributed by atoms with van der Waals surface area (Å²) in [6.45, 7) is 0. The molecule has 0 saturated heterocycles. The van der Waals surface area contributed by atoms with Gasteiger partial charge < -0.3 is 9.66 Å². The lowest BCUT2D eigenvalue weighted by molar-refractivity contribution is -0.0517. The number of rotatable bonds is 4. The standard InChI is InChI=1S/C18H13NO2S.CHF3O3S/c20-18(21)17-13-16(11-12-19-17)22(14-7-3-1-4-8-14)15-9-5-2-6-10-15;2-1(3,4)8(5,6)7/h1-13H;(H,5,6,7). The van der Waals surface area contributed by atoms with Gasteiger partial charge in [0.05, 0.1) is 10.9 Å². The van der Waals surface area contributed by atoms with Crippen molar-refractivity contribution in [2.24, 2.45) is 0 Å². The van der Waals surface area contributed by atoms with E-state index in [1.54, 1.807) is 12.3 Å². The van der Waals surface area contributed by atoms with Crippen LogP contribution in [0.3, 0.4) is 0 Å². The van der Waals surface area contributed by atoms with Crippen LogP contribution >= 0.6 is 0 Å². The Morgan fingerprint density at radius 1 is 0.900 bits per heavy atom. The van der Waals surface area contributed by atoms with E-state index in [1.165, 1.54) is 0 Å². The number of pyridine rings is 1. The quantitative estimate of drug-likeness (QED) is 0.361. The highest BCUT2D eigenvalue weighted by molar-refractivity contribution is 7.97. The van der Waals surface area contributed by atoms with Gasteiger partial charge in [-0.15, -0.1) is 0 Å². The van der Waals surface area contributed by atoms with Crippen LogP contribution in [0.2, 0.25) is 0 Å². The second-order valence-corrected chi connectivity index (χ2v) is 8.91. The Hall–Kier alpha value is -2.89. The van der Waals surface area contributed by atoms with E-state index in [4.69, 9.17) is 13.0 Å². The van der Waals surface area contributed by atoms with Crippen molar-refractivity contribution in [3.63, 3.8) is 0 Å². The Bertz CT molecular complexity index is 1050. The summed E-state index contributed by atoms with van der Waals surface area (Å²) in [4.78, 5) is 18.4. The fourth-order valence-corrected chi connectivity index (χ4v) is 4.28. The summed E-state index contributed by atoms with van der Waals surface area (Å²) in [5, 5.41) is 9.17. The van der Waals surface area contributed by atoms with Crippen LogP contribution in [0.5, 0.6) is 0 Å². The first-order valence-corrected chi connectivity index (χ1v) is 10.7. The van der Waals surface area contributed by atoms with Crippen LogP contribution in [-0.4, -0.2) is 34.5 Å². The van der Waals surface area contributed by atoms with Gasteiger partial charge in [0, 0.05) is 18.3 Å². The van der Waals surface area contributed by atoms with E-state index in [0.29, 0.717) is 0 Å². The molecule has 0 radical (unpaired) electrons. The maximum atomic E-state index is 11.2. The molecule has 0 spiro atoms. The summed E-state index contributed by atoms with van der Waals surface area (Å²) in [5.74, 6) is -1.01. The number of aromatic nitrogens is 1. The molecule has 30 heavy (non-hydrogen) atoms. The van der Waals surface area contributed by atoms with Crippen molar-refractivity contribution in [1.29, 1.82) is 0 Å². The molecule has 0 amide bonds. The Morgan fingerprint density at radius 2 is 1.33 bits per heavy atom. The molecule has 0 aliphatic carbocycles. The monoisotopic (exact) mass is 457 g/mol. The molecule has 0 bridgehead atoms. The Morgan fingerprint density at radius 3 is 1.70 bits per heavy atom. The van der Waals surface area contributed by atoms with E-state index in [0.717, 1.165) is 14.7 Å². The molecular formula is C19H14F3NO5S2. The Labute approximate surface area is 173 Å². The molecule has 0 aliphatic heterocycles. The van der Waals surface area contributed by atoms with Gasteiger partial charge in [-0.25, -0.2) is 18.2 Å². The lowest BCUT2D eigenvalue weighted by atomic mass is 10.3. The first-order valence-electron chi connectivity index (χ1n) is 8.06. The molecule has 0 unspecified atom stereocenters. The SMILES string of the molecule is O=C(O)c1cc([S+](c2ccccc2)c2ccccc2)ccn1.O=S(=O)([O-])C(F)(F)F. The Kier molecular flexibility index (Phi) is 7.59. The van der Waals surface area contributed by atoms with Crippen LogP contribution in [0.1, 0.15) is 10.5 Å². The first-order chi connectivity index (χ1) is 14.0. The number of aromatic carboxylic acids is 1. The minimum Gasteiger partial charge on any atom is -0.741 e. The van der Waals surface area contributed by atoms with Gasteiger partial charge in [0.15, 0.2) is 30.5 Å². The summed E-state index contributed by atoms with van der Waals surface area (Å²) in [7, 11) is -6.44. The predicted octanol–water partition coefficient (Wildman–Crippen LogP) is 3.93. The summed E-state index contributed by atoms with van der Waals surface area (Å²) >= 11 is 0. The van der Waals surface area contributed by atoms with Crippen molar-refractivity contribution in [2.75, 3.05) is 0 Å². The highest BCUT2D eigenvalue weighted by Gasteiger charge is 2.37. The Balaban J connectivity index is 0.000000343. The van der Waals surface area contributed by atoms with Crippen molar-refractivity contribution in [2.45, 2.75) is 20.2 Å². The number of nitrogens with zero attached hydrogens (tertiary/aromatic N) is 1. The van der Waals surface area contributed by atoms with Gasteiger partial charge in [-0.2, -0.15) is 13.2 Å². The molecule has 11 heteroatoms. The molecule has 6 nitrogen and oxygen atoms in total. The van der Waals surface area contributed by atoms with Crippen LogP contribution in [0.4, 0.5) is 13.2 Å². The third kappa shape index (κ3) is 6.31. The van der Waals surface area contributed by atoms with Gasteiger partial charge in [0.25, 0.3) is 0 Å².